The van der Waals surface area contributed by atoms with Gasteiger partial charge >= 0.3 is 0 Å². The predicted octanol–water partition coefficient (Wildman–Crippen LogP) is 3.79. The Balaban J connectivity index is 1.69. The molecule has 2 aromatic rings. The number of pyridine rings is 1. The van der Waals surface area contributed by atoms with E-state index < -0.39 is 0 Å². The van der Waals surface area contributed by atoms with E-state index in [2.05, 4.69) is 47.9 Å². The summed E-state index contributed by atoms with van der Waals surface area (Å²) in [6, 6.07) is 4.11. The molecule has 0 unspecified atom stereocenters. The molecule has 0 atom stereocenters. The van der Waals surface area contributed by atoms with Gasteiger partial charge in [-0.25, -0.2) is 0 Å². The molecule has 0 saturated carbocycles. The normalized spacial score (nSPS) is 18.8. The highest BCUT2D eigenvalue weighted by Gasteiger charge is 2.25. The van der Waals surface area contributed by atoms with Crippen LogP contribution in [-0.2, 0) is 0 Å². The predicted molar refractivity (Wildman–Crippen MR) is 84.0 cm³/mol. The SMILES string of the molecule is CC(C)(C)CN1CCC(c2c[nH]c3cccnc23)CC1. The highest BCUT2D eigenvalue weighted by atomic mass is 15.1. The van der Waals surface area contributed by atoms with Gasteiger partial charge in [0.15, 0.2) is 0 Å². The fourth-order valence-electron chi connectivity index (χ4n) is 3.36. The highest BCUT2D eigenvalue weighted by molar-refractivity contribution is 5.79. The van der Waals surface area contributed by atoms with E-state index in [4.69, 9.17) is 0 Å². The van der Waals surface area contributed by atoms with Gasteiger partial charge in [-0.1, -0.05) is 20.8 Å². The molecule has 2 aromatic heterocycles. The second-order valence-corrected chi connectivity index (χ2v) is 7.25. The summed E-state index contributed by atoms with van der Waals surface area (Å²) in [5, 5.41) is 0. The zero-order chi connectivity index (χ0) is 14.2. The minimum absolute atomic E-state index is 0.398. The number of aromatic nitrogens is 2. The molecule has 0 radical (unpaired) electrons. The molecule has 0 amide bonds. The minimum atomic E-state index is 0.398. The molecule has 108 valence electrons. The van der Waals surface area contributed by atoms with Crippen LogP contribution in [-0.4, -0.2) is 34.5 Å². The van der Waals surface area contributed by atoms with Crippen molar-refractivity contribution >= 4 is 11.0 Å². The molecule has 1 aliphatic rings. The van der Waals surface area contributed by atoms with E-state index in [1.807, 2.05) is 12.3 Å². The van der Waals surface area contributed by atoms with E-state index in [1.54, 1.807) is 0 Å². The summed E-state index contributed by atoms with van der Waals surface area (Å²) in [7, 11) is 0. The van der Waals surface area contributed by atoms with Crippen molar-refractivity contribution in [2.45, 2.75) is 39.5 Å². The zero-order valence-electron chi connectivity index (χ0n) is 12.8. The van der Waals surface area contributed by atoms with Crippen molar-refractivity contribution in [2.24, 2.45) is 5.41 Å². The van der Waals surface area contributed by atoms with Crippen LogP contribution in [0, 0.1) is 5.41 Å². The Morgan fingerprint density at radius 3 is 2.75 bits per heavy atom. The zero-order valence-corrected chi connectivity index (χ0v) is 12.8. The van der Waals surface area contributed by atoms with Gasteiger partial charge in [0.05, 0.1) is 11.0 Å². The van der Waals surface area contributed by atoms with Gasteiger partial charge in [-0.15, -0.1) is 0 Å². The van der Waals surface area contributed by atoms with Gasteiger partial charge in [-0.3, -0.25) is 4.98 Å². The number of fused-ring (bicyclic) bond motifs is 1. The Morgan fingerprint density at radius 2 is 2.05 bits per heavy atom. The smallest absolute Gasteiger partial charge is 0.0913 e. The third kappa shape index (κ3) is 2.88. The number of hydrogen-bond donors (Lipinski definition) is 1. The molecule has 3 heteroatoms. The molecule has 3 nitrogen and oxygen atoms in total. The highest BCUT2D eigenvalue weighted by Crippen LogP contribution is 2.32. The van der Waals surface area contributed by atoms with E-state index in [1.165, 1.54) is 49.1 Å². The summed E-state index contributed by atoms with van der Waals surface area (Å²) >= 11 is 0. The maximum atomic E-state index is 4.55. The molecular weight excluding hydrogens is 246 g/mol. The Morgan fingerprint density at radius 1 is 1.30 bits per heavy atom. The lowest BCUT2D eigenvalue weighted by Crippen LogP contribution is -2.38. The molecule has 0 bridgehead atoms. The fraction of sp³-hybridized carbons (Fsp3) is 0.588. The van der Waals surface area contributed by atoms with Crippen LogP contribution in [0.2, 0.25) is 0 Å². The number of aromatic amines is 1. The third-order valence-electron chi connectivity index (χ3n) is 4.19. The number of nitrogens with one attached hydrogen (secondary N) is 1. The first kappa shape index (κ1) is 13.6. The Kier molecular flexibility index (Phi) is 3.55. The number of rotatable bonds is 2. The number of piperidine rings is 1. The lowest BCUT2D eigenvalue weighted by molar-refractivity contribution is 0.154. The van der Waals surface area contributed by atoms with Gasteiger partial charge in [-0.2, -0.15) is 0 Å². The Hall–Kier alpha value is -1.35. The van der Waals surface area contributed by atoms with Crippen molar-refractivity contribution in [1.29, 1.82) is 0 Å². The summed E-state index contributed by atoms with van der Waals surface area (Å²) in [5.74, 6) is 0.662. The first-order valence-electron chi connectivity index (χ1n) is 7.67. The van der Waals surface area contributed by atoms with Crippen LogP contribution in [0.1, 0.15) is 45.1 Å². The molecule has 1 N–H and O–H groups in total. The van der Waals surface area contributed by atoms with Crippen molar-refractivity contribution in [2.75, 3.05) is 19.6 Å². The molecular formula is C17H25N3. The van der Waals surface area contributed by atoms with Crippen LogP contribution >= 0.6 is 0 Å². The molecule has 1 aliphatic heterocycles. The van der Waals surface area contributed by atoms with Crippen LogP contribution in [0.3, 0.4) is 0 Å². The average molecular weight is 271 g/mol. The largest absolute Gasteiger partial charge is 0.360 e. The van der Waals surface area contributed by atoms with E-state index in [-0.39, 0.29) is 0 Å². The van der Waals surface area contributed by atoms with Crippen molar-refractivity contribution in [3.8, 4) is 0 Å². The van der Waals surface area contributed by atoms with Crippen molar-refractivity contribution < 1.29 is 0 Å². The van der Waals surface area contributed by atoms with Gasteiger partial charge in [0, 0.05) is 18.9 Å². The summed E-state index contributed by atoms with van der Waals surface area (Å²) in [6.45, 7) is 10.6. The van der Waals surface area contributed by atoms with Gasteiger partial charge in [-0.05, 0) is 55.0 Å². The quantitative estimate of drug-likeness (QED) is 0.901. The summed E-state index contributed by atoms with van der Waals surface area (Å²) in [5.41, 5.74) is 4.15. The first-order valence-corrected chi connectivity index (χ1v) is 7.67. The molecule has 3 rings (SSSR count). The topological polar surface area (TPSA) is 31.9 Å². The lowest BCUT2D eigenvalue weighted by atomic mass is 9.88. The standard InChI is InChI=1S/C17H25N3/c1-17(2,3)12-20-9-6-13(7-10-20)14-11-19-15-5-4-8-18-16(14)15/h4-5,8,11,13,19H,6-7,9-10,12H2,1-3H3. The van der Waals surface area contributed by atoms with Gasteiger partial charge in [0.2, 0.25) is 0 Å². The molecule has 1 fully saturated rings. The van der Waals surface area contributed by atoms with Gasteiger partial charge < -0.3 is 9.88 Å². The Labute approximate surface area is 121 Å². The fourth-order valence-corrected chi connectivity index (χ4v) is 3.36. The summed E-state index contributed by atoms with van der Waals surface area (Å²) in [4.78, 5) is 10.5. The Bertz CT molecular complexity index is 571. The van der Waals surface area contributed by atoms with Gasteiger partial charge in [0.1, 0.15) is 0 Å². The molecule has 20 heavy (non-hydrogen) atoms. The van der Waals surface area contributed by atoms with E-state index >= 15 is 0 Å². The number of likely N-dealkylation sites (tertiary alicyclic amines) is 1. The van der Waals surface area contributed by atoms with Crippen LogP contribution in [0.25, 0.3) is 11.0 Å². The molecule has 0 aromatic carbocycles. The summed E-state index contributed by atoms with van der Waals surface area (Å²) < 4.78 is 0. The van der Waals surface area contributed by atoms with Crippen molar-refractivity contribution in [3.63, 3.8) is 0 Å². The van der Waals surface area contributed by atoms with E-state index in [0.717, 1.165) is 0 Å². The second kappa shape index (κ2) is 5.21. The van der Waals surface area contributed by atoms with Crippen LogP contribution in [0.4, 0.5) is 0 Å². The third-order valence-corrected chi connectivity index (χ3v) is 4.19. The maximum absolute atomic E-state index is 4.55. The number of hydrogen-bond acceptors (Lipinski definition) is 2. The van der Waals surface area contributed by atoms with Crippen LogP contribution in [0.5, 0.6) is 0 Å². The summed E-state index contributed by atoms with van der Waals surface area (Å²) in [6.07, 6.45) is 6.56. The van der Waals surface area contributed by atoms with Crippen molar-refractivity contribution in [3.05, 3.63) is 30.1 Å². The number of nitrogens with zero attached hydrogens (tertiary/aromatic N) is 2. The van der Waals surface area contributed by atoms with Crippen LogP contribution < -0.4 is 0 Å². The van der Waals surface area contributed by atoms with E-state index in [9.17, 15) is 0 Å². The molecule has 3 heterocycles. The number of H-pyrrole nitrogens is 1. The molecule has 1 saturated heterocycles. The minimum Gasteiger partial charge on any atom is -0.360 e. The monoisotopic (exact) mass is 271 g/mol. The molecule has 0 aliphatic carbocycles. The van der Waals surface area contributed by atoms with E-state index in [0.29, 0.717) is 11.3 Å². The second-order valence-electron chi connectivity index (χ2n) is 7.25. The maximum Gasteiger partial charge on any atom is 0.0913 e. The molecule has 0 spiro atoms. The van der Waals surface area contributed by atoms with Crippen molar-refractivity contribution in [1.82, 2.24) is 14.9 Å². The lowest BCUT2D eigenvalue weighted by Gasteiger charge is -2.35. The van der Waals surface area contributed by atoms with Crippen LogP contribution in [0.15, 0.2) is 24.5 Å². The average Bonchev–Trinajstić information content (AvgIpc) is 2.82. The van der Waals surface area contributed by atoms with Gasteiger partial charge in [0.25, 0.3) is 0 Å². The first-order chi connectivity index (χ1) is 9.53.